The van der Waals surface area contributed by atoms with Crippen molar-refractivity contribution < 1.29 is 19.5 Å². The van der Waals surface area contributed by atoms with E-state index < -0.39 is 41.3 Å². The van der Waals surface area contributed by atoms with Gasteiger partial charge >= 0.3 is 0 Å². The number of aliphatic hydroxyl groups excluding tert-OH is 1. The number of hydrogen-bond donors (Lipinski definition) is 3. The third kappa shape index (κ3) is 2.63. The van der Waals surface area contributed by atoms with Gasteiger partial charge in [-0.3, -0.25) is 24.6 Å². The van der Waals surface area contributed by atoms with E-state index in [1.165, 1.54) is 4.90 Å². The third-order valence-electron chi connectivity index (χ3n) is 6.79. The van der Waals surface area contributed by atoms with Gasteiger partial charge in [-0.25, -0.2) is 0 Å². The maximum Gasteiger partial charge on any atom is 0.250 e. The molecule has 160 valence electrons. The molecule has 2 saturated heterocycles. The number of para-hydroxylation sites is 1. The van der Waals surface area contributed by atoms with E-state index in [0.717, 1.165) is 5.56 Å². The lowest BCUT2D eigenvalue weighted by Crippen LogP contribution is -2.54. The molecule has 2 aromatic rings. The smallest absolute Gasteiger partial charge is 0.250 e. The first kappa shape index (κ1) is 20.2. The maximum atomic E-state index is 13.6. The van der Waals surface area contributed by atoms with Crippen LogP contribution in [0.25, 0.3) is 0 Å². The van der Waals surface area contributed by atoms with Crippen LogP contribution in [-0.4, -0.2) is 39.9 Å². The van der Waals surface area contributed by atoms with E-state index >= 15 is 0 Å². The zero-order valence-corrected chi connectivity index (χ0v) is 17.8. The minimum Gasteiger partial charge on any atom is -0.392 e. The molecule has 0 saturated carbocycles. The van der Waals surface area contributed by atoms with Gasteiger partial charge in [0.15, 0.2) is 0 Å². The van der Waals surface area contributed by atoms with Crippen LogP contribution in [0, 0.1) is 18.8 Å². The molecule has 0 aliphatic carbocycles. The van der Waals surface area contributed by atoms with E-state index in [9.17, 15) is 19.5 Å². The predicted octanol–water partition coefficient (Wildman–Crippen LogP) is 1.95. The van der Waals surface area contributed by atoms with Crippen molar-refractivity contribution in [2.45, 2.75) is 38.1 Å². The van der Waals surface area contributed by atoms with E-state index in [-0.39, 0.29) is 12.5 Å². The molecule has 3 heterocycles. The molecular weight excluding hydrogens is 418 g/mol. The molecule has 5 unspecified atom stereocenters. The van der Waals surface area contributed by atoms with Gasteiger partial charge < -0.3 is 10.4 Å². The third-order valence-corrected chi connectivity index (χ3v) is 7.16. The van der Waals surface area contributed by atoms with Gasteiger partial charge in [-0.1, -0.05) is 48.0 Å². The van der Waals surface area contributed by atoms with Crippen molar-refractivity contribution in [2.24, 2.45) is 11.8 Å². The Morgan fingerprint density at radius 2 is 1.87 bits per heavy atom. The summed E-state index contributed by atoms with van der Waals surface area (Å²) in [6.07, 6.45) is -0.939. The van der Waals surface area contributed by atoms with Gasteiger partial charge in [-0.05, 0) is 31.0 Å². The first-order valence-electron chi connectivity index (χ1n) is 10.2. The van der Waals surface area contributed by atoms with Gasteiger partial charge in [-0.15, -0.1) is 0 Å². The van der Waals surface area contributed by atoms with E-state index in [0.29, 0.717) is 21.8 Å². The zero-order valence-electron chi connectivity index (χ0n) is 17.1. The van der Waals surface area contributed by atoms with E-state index in [4.69, 9.17) is 11.6 Å². The topological polar surface area (TPSA) is 98.7 Å². The molecule has 0 aromatic heterocycles. The summed E-state index contributed by atoms with van der Waals surface area (Å²) in [6.45, 7) is 3.46. The Morgan fingerprint density at radius 1 is 1.13 bits per heavy atom. The second kappa shape index (κ2) is 6.88. The largest absolute Gasteiger partial charge is 0.392 e. The zero-order chi connectivity index (χ0) is 22.1. The molecule has 8 heteroatoms. The quantitative estimate of drug-likeness (QED) is 0.635. The second-order valence-electron chi connectivity index (χ2n) is 8.53. The number of rotatable bonds is 3. The minimum absolute atomic E-state index is 0.0231. The molecule has 31 heavy (non-hydrogen) atoms. The van der Waals surface area contributed by atoms with Crippen molar-refractivity contribution in [3.05, 3.63) is 64.2 Å². The molecule has 7 nitrogen and oxygen atoms in total. The maximum absolute atomic E-state index is 13.6. The van der Waals surface area contributed by atoms with Crippen LogP contribution in [0.3, 0.4) is 0 Å². The molecule has 2 aromatic carbocycles. The number of benzene rings is 2. The number of amides is 3. The average Bonchev–Trinajstić information content (AvgIpc) is 3.32. The molecule has 2 fully saturated rings. The number of aryl methyl sites for hydroxylation is 1. The highest BCUT2D eigenvalue weighted by atomic mass is 35.5. The summed E-state index contributed by atoms with van der Waals surface area (Å²) in [7, 11) is 0. The minimum atomic E-state index is -1.41. The van der Waals surface area contributed by atoms with E-state index in [2.05, 4.69) is 10.6 Å². The number of nitrogens with zero attached hydrogens (tertiary/aromatic N) is 1. The van der Waals surface area contributed by atoms with Crippen molar-refractivity contribution in [3.63, 3.8) is 0 Å². The van der Waals surface area contributed by atoms with E-state index in [1.807, 2.05) is 19.1 Å². The van der Waals surface area contributed by atoms with Crippen LogP contribution in [-0.2, 0) is 26.5 Å². The van der Waals surface area contributed by atoms with Crippen LogP contribution in [0.5, 0.6) is 0 Å². The molecule has 3 aliphatic heterocycles. The summed E-state index contributed by atoms with van der Waals surface area (Å²) < 4.78 is 0. The Hall–Kier alpha value is -2.74. The first-order chi connectivity index (χ1) is 14.8. The molecule has 5 atom stereocenters. The SMILES string of the molecule is Cc1cccc2c1NC(=O)C21NC(C(C)O)C2C(=O)N(Cc3ccccc3Cl)C(=O)C21. The van der Waals surface area contributed by atoms with Gasteiger partial charge in [0.2, 0.25) is 17.7 Å². The summed E-state index contributed by atoms with van der Waals surface area (Å²) in [6, 6.07) is 11.8. The van der Waals surface area contributed by atoms with Crippen LogP contribution >= 0.6 is 11.6 Å². The number of aliphatic hydroxyl groups is 1. The first-order valence-corrected chi connectivity index (χ1v) is 10.6. The number of imide groups is 1. The average molecular weight is 440 g/mol. The van der Waals surface area contributed by atoms with Gasteiger partial charge in [0.05, 0.1) is 24.5 Å². The van der Waals surface area contributed by atoms with Gasteiger partial charge in [-0.2, -0.15) is 0 Å². The number of carbonyl (C=O) groups excluding carboxylic acids is 3. The van der Waals surface area contributed by atoms with Gasteiger partial charge in [0.1, 0.15) is 5.54 Å². The van der Waals surface area contributed by atoms with Gasteiger partial charge in [0, 0.05) is 22.3 Å². The lowest BCUT2D eigenvalue weighted by Gasteiger charge is -2.30. The monoisotopic (exact) mass is 439 g/mol. The van der Waals surface area contributed by atoms with Crippen LogP contribution in [0.2, 0.25) is 5.02 Å². The Kier molecular flexibility index (Phi) is 4.48. The highest BCUT2D eigenvalue weighted by Crippen LogP contribution is 2.54. The lowest BCUT2D eigenvalue weighted by atomic mass is 9.76. The van der Waals surface area contributed by atoms with Crippen molar-refractivity contribution >= 4 is 35.0 Å². The Labute approximate surface area is 184 Å². The molecule has 3 amide bonds. The number of halogens is 1. The molecule has 1 spiro atoms. The molecule has 0 radical (unpaired) electrons. The second-order valence-corrected chi connectivity index (χ2v) is 8.94. The van der Waals surface area contributed by atoms with Crippen LogP contribution < -0.4 is 10.6 Å². The van der Waals surface area contributed by atoms with Crippen LogP contribution in [0.15, 0.2) is 42.5 Å². The summed E-state index contributed by atoms with van der Waals surface area (Å²) >= 11 is 6.26. The normalized spacial score (nSPS) is 30.0. The number of anilines is 1. The van der Waals surface area contributed by atoms with Crippen molar-refractivity contribution in [1.82, 2.24) is 10.2 Å². The molecule has 3 aliphatic rings. The number of likely N-dealkylation sites (tertiary alicyclic amines) is 1. The summed E-state index contributed by atoms with van der Waals surface area (Å²) in [5, 5.41) is 17.0. The summed E-state index contributed by atoms with van der Waals surface area (Å²) in [5.41, 5.74) is 1.39. The molecular formula is C23H22ClN3O4. The van der Waals surface area contributed by atoms with E-state index in [1.54, 1.807) is 37.3 Å². The number of hydrogen-bond acceptors (Lipinski definition) is 5. The number of fused-ring (bicyclic) bond motifs is 4. The molecule has 0 bridgehead atoms. The van der Waals surface area contributed by atoms with Gasteiger partial charge in [0.25, 0.3) is 0 Å². The van der Waals surface area contributed by atoms with Crippen LogP contribution in [0.4, 0.5) is 5.69 Å². The van der Waals surface area contributed by atoms with Crippen LogP contribution in [0.1, 0.15) is 23.6 Å². The molecule has 3 N–H and O–H groups in total. The summed E-state index contributed by atoms with van der Waals surface area (Å²) in [5.74, 6) is -3.03. The standard InChI is InChI=1S/C23H22ClN3O4/c1-11-6-5-8-14-18(11)25-22(31)23(14)17-16(19(26-23)12(2)28)20(29)27(21(17)30)10-13-7-3-4-9-15(13)24/h3-9,12,16-17,19,26,28H,10H2,1-2H3,(H,25,31). The Morgan fingerprint density at radius 3 is 2.58 bits per heavy atom. The van der Waals surface area contributed by atoms with Crippen molar-refractivity contribution in [1.29, 1.82) is 0 Å². The summed E-state index contributed by atoms with van der Waals surface area (Å²) in [4.78, 5) is 41.6. The van der Waals surface area contributed by atoms with Crippen molar-refractivity contribution in [3.8, 4) is 0 Å². The predicted molar refractivity (Wildman–Crippen MR) is 114 cm³/mol. The Balaban J connectivity index is 1.63. The highest BCUT2D eigenvalue weighted by Gasteiger charge is 2.71. The number of nitrogens with one attached hydrogen (secondary N) is 2. The fourth-order valence-corrected chi connectivity index (χ4v) is 5.53. The highest BCUT2D eigenvalue weighted by molar-refractivity contribution is 6.31. The fourth-order valence-electron chi connectivity index (χ4n) is 5.33. The number of carbonyl (C=O) groups is 3. The van der Waals surface area contributed by atoms with Crippen molar-refractivity contribution in [2.75, 3.05) is 5.32 Å². The lowest BCUT2D eigenvalue weighted by molar-refractivity contribution is -0.143. The fraction of sp³-hybridized carbons (Fsp3) is 0.348. The Bertz CT molecular complexity index is 1130. The molecule has 5 rings (SSSR count).